The van der Waals surface area contributed by atoms with Crippen LogP contribution in [0.3, 0.4) is 0 Å². The zero-order valence-corrected chi connectivity index (χ0v) is 13.2. The number of methoxy groups -OCH3 is 1. The van der Waals surface area contributed by atoms with E-state index in [0.29, 0.717) is 33.8 Å². The van der Waals surface area contributed by atoms with E-state index in [1.807, 2.05) is 0 Å². The monoisotopic (exact) mass is 324 g/mol. The predicted octanol–water partition coefficient (Wildman–Crippen LogP) is 2.34. The normalized spacial score (nSPS) is 9.32. The first-order valence-electron chi connectivity index (χ1n) is 6.23. The van der Waals surface area contributed by atoms with E-state index < -0.39 is 0 Å². The topological polar surface area (TPSA) is 96.4 Å². The van der Waals surface area contributed by atoms with Gasteiger partial charge in [0.1, 0.15) is 22.9 Å². The lowest BCUT2D eigenvalue weighted by Gasteiger charge is -2.11. The number of benzene rings is 1. The Labute approximate surface area is 133 Å². The highest BCUT2D eigenvalue weighted by molar-refractivity contribution is 6.32. The lowest BCUT2D eigenvalue weighted by molar-refractivity contribution is 0.112. The van der Waals surface area contributed by atoms with E-state index >= 15 is 0 Å². The van der Waals surface area contributed by atoms with Crippen LogP contribution in [0.1, 0.15) is 10.4 Å². The summed E-state index contributed by atoms with van der Waals surface area (Å²) < 4.78 is 5.22. The maximum Gasteiger partial charge on any atom is 0.229 e. The quantitative estimate of drug-likeness (QED) is 0.726. The summed E-state index contributed by atoms with van der Waals surface area (Å²) in [6, 6.07) is 5.02. The van der Waals surface area contributed by atoms with Crippen molar-refractivity contribution in [1.29, 1.82) is 0 Å². The Balaban J connectivity index is 0.00000116. The van der Waals surface area contributed by atoms with Crippen LogP contribution in [0.25, 0.3) is 0 Å². The van der Waals surface area contributed by atoms with Crippen LogP contribution >= 0.6 is 11.6 Å². The van der Waals surface area contributed by atoms with Crippen molar-refractivity contribution >= 4 is 35.3 Å². The number of aromatic nitrogens is 2. The summed E-state index contributed by atoms with van der Waals surface area (Å²) in [7, 11) is 4.24. The number of aliphatic hydroxyl groups excluding tert-OH is 1. The third-order valence-electron chi connectivity index (χ3n) is 2.59. The molecule has 0 aliphatic heterocycles. The summed E-state index contributed by atoms with van der Waals surface area (Å²) in [5.41, 5.74) is 1.18. The molecular weight excluding hydrogens is 308 g/mol. The molecular formula is C14H17ClN4O3. The van der Waals surface area contributed by atoms with Crippen LogP contribution in [0.5, 0.6) is 5.75 Å². The molecule has 0 fully saturated rings. The van der Waals surface area contributed by atoms with Crippen molar-refractivity contribution in [1.82, 2.24) is 9.97 Å². The van der Waals surface area contributed by atoms with Gasteiger partial charge in [-0.2, -0.15) is 4.98 Å². The van der Waals surface area contributed by atoms with Crippen molar-refractivity contribution in [3.63, 3.8) is 0 Å². The van der Waals surface area contributed by atoms with Gasteiger partial charge in [-0.3, -0.25) is 4.79 Å². The molecule has 0 atom stereocenters. The number of ether oxygens (including phenoxy) is 1. The van der Waals surface area contributed by atoms with E-state index in [-0.39, 0.29) is 0 Å². The number of hydrogen-bond donors (Lipinski definition) is 3. The Morgan fingerprint density at radius 3 is 2.68 bits per heavy atom. The Hall–Kier alpha value is -2.38. The number of anilines is 3. The SMILES string of the molecule is CNc1nc(Nc2ccc(C=O)cc2OC)ncc1Cl.CO. The molecule has 0 aliphatic rings. The van der Waals surface area contributed by atoms with E-state index in [2.05, 4.69) is 20.6 Å². The van der Waals surface area contributed by atoms with Crippen LogP contribution in [0.2, 0.25) is 5.02 Å². The summed E-state index contributed by atoms with van der Waals surface area (Å²) >= 11 is 5.92. The number of aldehydes is 1. The minimum absolute atomic E-state index is 0.371. The summed E-state index contributed by atoms with van der Waals surface area (Å²) in [6.07, 6.45) is 2.25. The molecule has 0 saturated heterocycles. The second kappa shape index (κ2) is 8.81. The molecule has 0 unspecified atom stereocenters. The first-order valence-corrected chi connectivity index (χ1v) is 6.61. The minimum atomic E-state index is 0.371. The molecule has 2 rings (SSSR count). The van der Waals surface area contributed by atoms with Crippen LogP contribution in [-0.4, -0.2) is 42.6 Å². The van der Waals surface area contributed by atoms with Gasteiger partial charge in [0.2, 0.25) is 5.95 Å². The first-order chi connectivity index (χ1) is 10.7. The maximum atomic E-state index is 10.7. The summed E-state index contributed by atoms with van der Waals surface area (Å²) in [5.74, 6) is 1.42. The zero-order chi connectivity index (χ0) is 16.5. The van der Waals surface area contributed by atoms with Crippen LogP contribution < -0.4 is 15.4 Å². The largest absolute Gasteiger partial charge is 0.495 e. The van der Waals surface area contributed by atoms with E-state index in [1.54, 1.807) is 25.2 Å². The van der Waals surface area contributed by atoms with E-state index in [0.717, 1.165) is 13.4 Å². The van der Waals surface area contributed by atoms with Crippen molar-refractivity contribution in [3.8, 4) is 5.75 Å². The van der Waals surface area contributed by atoms with Crippen molar-refractivity contribution in [3.05, 3.63) is 35.0 Å². The molecule has 0 spiro atoms. The van der Waals surface area contributed by atoms with Crippen molar-refractivity contribution in [2.75, 3.05) is 31.9 Å². The van der Waals surface area contributed by atoms with Crippen molar-refractivity contribution in [2.45, 2.75) is 0 Å². The number of aliphatic hydroxyl groups is 1. The third-order valence-corrected chi connectivity index (χ3v) is 2.87. The van der Waals surface area contributed by atoms with Crippen LogP contribution in [0.15, 0.2) is 24.4 Å². The number of hydrogen-bond acceptors (Lipinski definition) is 7. The molecule has 118 valence electrons. The fraction of sp³-hybridized carbons (Fsp3) is 0.214. The molecule has 22 heavy (non-hydrogen) atoms. The van der Waals surface area contributed by atoms with Gasteiger partial charge in [0.05, 0.1) is 19.0 Å². The van der Waals surface area contributed by atoms with Crippen LogP contribution in [-0.2, 0) is 0 Å². The second-order valence-corrected chi connectivity index (χ2v) is 4.25. The van der Waals surface area contributed by atoms with E-state index in [1.165, 1.54) is 13.3 Å². The average molecular weight is 325 g/mol. The summed E-state index contributed by atoms with van der Waals surface area (Å²) in [4.78, 5) is 19.0. The van der Waals surface area contributed by atoms with Crippen molar-refractivity contribution < 1.29 is 14.6 Å². The standard InChI is InChI=1S/C13H13ClN4O2.CH4O/c1-15-12-9(14)6-16-13(18-12)17-10-4-3-8(7-19)5-11(10)20-2;1-2/h3-7H,1-2H3,(H2,15,16,17,18);2H,1H3. The third kappa shape index (κ3) is 4.31. The van der Waals surface area contributed by atoms with Gasteiger partial charge in [0.15, 0.2) is 0 Å². The van der Waals surface area contributed by atoms with E-state index in [4.69, 9.17) is 21.4 Å². The fourth-order valence-corrected chi connectivity index (χ4v) is 1.79. The Morgan fingerprint density at radius 1 is 1.36 bits per heavy atom. The van der Waals surface area contributed by atoms with E-state index in [9.17, 15) is 4.79 Å². The molecule has 0 bridgehead atoms. The number of nitrogens with zero attached hydrogens (tertiary/aromatic N) is 2. The summed E-state index contributed by atoms with van der Waals surface area (Å²) in [6.45, 7) is 0. The number of halogens is 1. The highest BCUT2D eigenvalue weighted by Gasteiger charge is 2.08. The number of carbonyl (C=O) groups is 1. The Bertz CT molecular complexity index is 637. The Kier molecular flexibility index (Phi) is 7.07. The van der Waals surface area contributed by atoms with Gasteiger partial charge in [-0.05, 0) is 18.2 Å². The molecule has 0 saturated carbocycles. The van der Waals surface area contributed by atoms with Crippen LogP contribution in [0, 0.1) is 0 Å². The molecule has 3 N–H and O–H groups in total. The van der Waals surface area contributed by atoms with Gasteiger partial charge >= 0.3 is 0 Å². The maximum absolute atomic E-state index is 10.7. The average Bonchev–Trinajstić information content (AvgIpc) is 2.58. The molecule has 0 radical (unpaired) electrons. The highest BCUT2D eigenvalue weighted by Crippen LogP contribution is 2.28. The molecule has 2 aromatic rings. The first kappa shape index (κ1) is 17.7. The van der Waals surface area contributed by atoms with Gasteiger partial charge < -0.3 is 20.5 Å². The number of carbonyl (C=O) groups excluding carboxylic acids is 1. The van der Waals surface area contributed by atoms with Gasteiger partial charge in [0.25, 0.3) is 0 Å². The van der Waals surface area contributed by atoms with Crippen LogP contribution in [0.4, 0.5) is 17.5 Å². The minimum Gasteiger partial charge on any atom is -0.495 e. The second-order valence-electron chi connectivity index (χ2n) is 3.84. The van der Waals surface area contributed by atoms with Gasteiger partial charge in [-0.15, -0.1) is 0 Å². The highest BCUT2D eigenvalue weighted by atomic mass is 35.5. The number of nitrogens with one attached hydrogen (secondary N) is 2. The molecule has 0 aliphatic carbocycles. The van der Waals surface area contributed by atoms with Crippen molar-refractivity contribution in [2.24, 2.45) is 0 Å². The fourth-order valence-electron chi connectivity index (χ4n) is 1.61. The molecule has 1 aromatic heterocycles. The molecule has 7 nitrogen and oxygen atoms in total. The lowest BCUT2D eigenvalue weighted by Crippen LogP contribution is -2.02. The zero-order valence-electron chi connectivity index (χ0n) is 12.4. The summed E-state index contributed by atoms with van der Waals surface area (Å²) in [5, 5.41) is 13.3. The van der Waals surface area contributed by atoms with Gasteiger partial charge in [-0.1, -0.05) is 11.6 Å². The number of rotatable bonds is 5. The Morgan fingerprint density at radius 2 is 2.09 bits per heavy atom. The molecule has 0 amide bonds. The molecule has 1 aromatic carbocycles. The predicted molar refractivity (Wildman–Crippen MR) is 86.4 cm³/mol. The van der Waals surface area contributed by atoms with Gasteiger partial charge in [0, 0.05) is 19.7 Å². The smallest absolute Gasteiger partial charge is 0.229 e. The molecule has 8 heteroatoms. The molecule has 1 heterocycles. The van der Waals surface area contributed by atoms with Gasteiger partial charge in [-0.25, -0.2) is 4.98 Å². The lowest BCUT2D eigenvalue weighted by atomic mass is 10.2.